The van der Waals surface area contributed by atoms with Crippen LogP contribution >= 0.6 is 0 Å². The lowest BCUT2D eigenvalue weighted by Crippen LogP contribution is -2.39. The Labute approximate surface area is 126 Å². The summed E-state index contributed by atoms with van der Waals surface area (Å²) in [6, 6.07) is 4.03. The van der Waals surface area contributed by atoms with Crippen LogP contribution in [0.15, 0.2) is 23.1 Å². The van der Waals surface area contributed by atoms with Gasteiger partial charge in [0, 0.05) is 19.6 Å². The molecule has 0 atom stereocenters. The molecule has 1 aromatic carbocycles. The molecule has 1 aliphatic rings. The third kappa shape index (κ3) is 3.44. The van der Waals surface area contributed by atoms with Crippen molar-refractivity contribution in [3.05, 3.63) is 29.6 Å². The number of nitrogens with two attached hydrogens (primary N) is 1. The Morgan fingerprint density at radius 3 is 2.43 bits per heavy atom. The lowest BCUT2D eigenvalue weighted by Gasteiger charge is -2.32. The third-order valence-electron chi connectivity index (χ3n) is 4.39. The van der Waals surface area contributed by atoms with E-state index in [0.717, 1.165) is 25.7 Å². The first kappa shape index (κ1) is 16.4. The van der Waals surface area contributed by atoms with Gasteiger partial charge in [0.1, 0.15) is 10.7 Å². The van der Waals surface area contributed by atoms with Gasteiger partial charge >= 0.3 is 0 Å². The fourth-order valence-electron chi connectivity index (χ4n) is 2.84. The summed E-state index contributed by atoms with van der Waals surface area (Å²) in [6.45, 7) is 2.36. The molecular weight excluding hydrogens is 291 g/mol. The van der Waals surface area contributed by atoms with E-state index in [-0.39, 0.29) is 17.5 Å². The number of hydrogen-bond acceptors (Lipinski definition) is 3. The molecule has 0 amide bonds. The van der Waals surface area contributed by atoms with Gasteiger partial charge in [-0.05, 0) is 49.3 Å². The highest BCUT2D eigenvalue weighted by Gasteiger charge is 2.32. The molecule has 0 heterocycles. The zero-order chi connectivity index (χ0) is 15.6. The normalized spacial score (nSPS) is 23.5. The van der Waals surface area contributed by atoms with Crippen LogP contribution in [0, 0.1) is 11.7 Å². The van der Waals surface area contributed by atoms with E-state index in [9.17, 15) is 12.8 Å². The van der Waals surface area contributed by atoms with Crippen LogP contribution in [0.3, 0.4) is 0 Å². The van der Waals surface area contributed by atoms with E-state index in [1.54, 1.807) is 13.1 Å². The van der Waals surface area contributed by atoms with E-state index >= 15 is 0 Å². The van der Waals surface area contributed by atoms with Crippen molar-refractivity contribution >= 4 is 10.0 Å². The minimum absolute atomic E-state index is 0.0419. The molecule has 21 heavy (non-hydrogen) atoms. The van der Waals surface area contributed by atoms with Gasteiger partial charge in [0.15, 0.2) is 0 Å². The van der Waals surface area contributed by atoms with Crippen molar-refractivity contribution in [3.63, 3.8) is 0 Å². The zero-order valence-corrected chi connectivity index (χ0v) is 13.4. The van der Waals surface area contributed by atoms with E-state index in [0.29, 0.717) is 11.5 Å². The van der Waals surface area contributed by atoms with Crippen LogP contribution in [0.5, 0.6) is 0 Å². The number of sulfonamides is 1. The van der Waals surface area contributed by atoms with Crippen molar-refractivity contribution < 1.29 is 12.8 Å². The number of rotatable bonds is 4. The molecule has 0 unspecified atom stereocenters. The molecule has 6 heteroatoms. The predicted molar refractivity (Wildman–Crippen MR) is 80.7 cm³/mol. The Balaban J connectivity index is 2.25. The maximum Gasteiger partial charge on any atom is 0.245 e. The second kappa shape index (κ2) is 6.42. The molecule has 118 valence electrons. The van der Waals surface area contributed by atoms with Crippen molar-refractivity contribution in [1.29, 1.82) is 0 Å². The van der Waals surface area contributed by atoms with Crippen molar-refractivity contribution in [1.82, 2.24) is 4.31 Å². The summed E-state index contributed by atoms with van der Waals surface area (Å²) >= 11 is 0. The lowest BCUT2D eigenvalue weighted by atomic mass is 9.87. The van der Waals surface area contributed by atoms with Gasteiger partial charge in [-0.25, -0.2) is 12.8 Å². The minimum atomic E-state index is -3.79. The van der Waals surface area contributed by atoms with Gasteiger partial charge in [0.25, 0.3) is 0 Å². The van der Waals surface area contributed by atoms with Crippen LogP contribution in [0.1, 0.15) is 38.2 Å². The molecular formula is C15H23FN2O2S. The number of nitrogens with zero attached hydrogens (tertiary/aromatic N) is 1. The van der Waals surface area contributed by atoms with E-state index in [4.69, 9.17) is 5.73 Å². The van der Waals surface area contributed by atoms with Crippen LogP contribution in [0.2, 0.25) is 0 Å². The molecule has 4 nitrogen and oxygen atoms in total. The maximum absolute atomic E-state index is 14.1. The number of halogens is 1. The SMILES string of the molecule is CC1CCC(N(C)S(=O)(=O)c2ccc(CN)cc2F)CC1. The van der Waals surface area contributed by atoms with Gasteiger partial charge < -0.3 is 5.73 Å². The molecule has 0 spiro atoms. The topological polar surface area (TPSA) is 63.4 Å². The first-order valence-electron chi connectivity index (χ1n) is 7.32. The van der Waals surface area contributed by atoms with Crippen molar-refractivity contribution in [2.45, 2.75) is 50.1 Å². The van der Waals surface area contributed by atoms with Gasteiger partial charge in [-0.1, -0.05) is 13.0 Å². The molecule has 1 aliphatic carbocycles. The quantitative estimate of drug-likeness (QED) is 0.928. The van der Waals surface area contributed by atoms with Crippen LogP contribution < -0.4 is 5.73 Å². The highest BCUT2D eigenvalue weighted by Crippen LogP contribution is 2.30. The first-order chi connectivity index (χ1) is 9.86. The highest BCUT2D eigenvalue weighted by molar-refractivity contribution is 7.89. The lowest BCUT2D eigenvalue weighted by molar-refractivity contribution is 0.245. The molecule has 1 aromatic rings. The fraction of sp³-hybridized carbons (Fsp3) is 0.600. The van der Waals surface area contributed by atoms with Gasteiger partial charge in [0.2, 0.25) is 10.0 Å². The summed E-state index contributed by atoms with van der Waals surface area (Å²) in [4.78, 5) is -0.263. The third-order valence-corrected chi connectivity index (χ3v) is 6.33. The summed E-state index contributed by atoms with van der Waals surface area (Å²) in [5.74, 6) is -0.0908. The Morgan fingerprint density at radius 2 is 1.90 bits per heavy atom. The Bertz CT molecular complexity index is 596. The average Bonchev–Trinajstić information content (AvgIpc) is 2.46. The first-order valence-corrected chi connectivity index (χ1v) is 8.76. The summed E-state index contributed by atoms with van der Waals surface area (Å²) in [5.41, 5.74) is 6.02. The Hall–Kier alpha value is -0.980. The van der Waals surface area contributed by atoms with Crippen molar-refractivity contribution in [2.75, 3.05) is 7.05 Å². The molecule has 2 rings (SSSR count). The highest BCUT2D eigenvalue weighted by atomic mass is 32.2. The number of benzene rings is 1. The summed E-state index contributed by atoms with van der Waals surface area (Å²) in [5, 5.41) is 0. The van der Waals surface area contributed by atoms with Gasteiger partial charge in [-0.2, -0.15) is 4.31 Å². The van der Waals surface area contributed by atoms with Crippen molar-refractivity contribution in [2.24, 2.45) is 11.7 Å². The molecule has 1 fully saturated rings. The Morgan fingerprint density at radius 1 is 1.29 bits per heavy atom. The van der Waals surface area contributed by atoms with Crippen LogP contribution in [-0.2, 0) is 16.6 Å². The smallest absolute Gasteiger partial charge is 0.245 e. The average molecular weight is 314 g/mol. The fourth-order valence-corrected chi connectivity index (χ4v) is 4.30. The predicted octanol–water partition coefficient (Wildman–Crippen LogP) is 2.48. The van der Waals surface area contributed by atoms with Gasteiger partial charge in [-0.15, -0.1) is 0 Å². The summed E-state index contributed by atoms with van der Waals surface area (Å²) < 4.78 is 40.6. The van der Waals surface area contributed by atoms with Crippen LogP contribution in [-0.4, -0.2) is 25.8 Å². The summed E-state index contributed by atoms with van der Waals surface area (Å²) in [6.07, 6.45) is 3.69. The van der Waals surface area contributed by atoms with Crippen molar-refractivity contribution in [3.8, 4) is 0 Å². The van der Waals surface area contributed by atoms with E-state index in [2.05, 4.69) is 6.92 Å². The largest absolute Gasteiger partial charge is 0.326 e. The van der Waals surface area contributed by atoms with E-state index in [1.165, 1.54) is 16.4 Å². The van der Waals surface area contributed by atoms with Crippen LogP contribution in [0.4, 0.5) is 4.39 Å². The summed E-state index contributed by atoms with van der Waals surface area (Å²) in [7, 11) is -2.25. The standard InChI is InChI=1S/C15H23FN2O2S/c1-11-3-6-13(7-4-11)18(2)21(19,20)15-8-5-12(10-17)9-14(15)16/h5,8-9,11,13H,3-4,6-7,10,17H2,1-2H3. The molecule has 0 saturated heterocycles. The molecule has 0 bridgehead atoms. The van der Waals surface area contributed by atoms with Gasteiger partial charge in [-0.3, -0.25) is 0 Å². The molecule has 1 saturated carbocycles. The maximum atomic E-state index is 14.1. The molecule has 0 aromatic heterocycles. The monoisotopic (exact) mass is 314 g/mol. The second-order valence-electron chi connectivity index (χ2n) is 5.90. The van der Waals surface area contributed by atoms with E-state index in [1.807, 2.05) is 0 Å². The second-order valence-corrected chi connectivity index (χ2v) is 7.87. The molecule has 0 radical (unpaired) electrons. The van der Waals surface area contributed by atoms with Gasteiger partial charge in [0.05, 0.1) is 0 Å². The number of hydrogen-bond donors (Lipinski definition) is 1. The zero-order valence-electron chi connectivity index (χ0n) is 12.5. The Kier molecular flexibility index (Phi) is 5.01. The van der Waals surface area contributed by atoms with E-state index < -0.39 is 15.8 Å². The molecule has 0 aliphatic heterocycles. The minimum Gasteiger partial charge on any atom is -0.326 e. The molecule has 2 N–H and O–H groups in total. The van der Waals surface area contributed by atoms with Crippen LogP contribution in [0.25, 0.3) is 0 Å².